The van der Waals surface area contributed by atoms with Crippen LogP contribution < -0.4 is 9.47 Å². The first kappa shape index (κ1) is 11.8. The van der Waals surface area contributed by atoms with Crippen molar-refractivity contribution in [1.29, 1.82) is 0 Å². The molecule has 15 heavy (non-hydrogen) atoms. The van der Waals surface area contributed by atoms with E-state index in [9.17, 15) is 9.50 Å². The fraction of sp³-hybridized carbons (Fsp3) is 0.455. The maximum Gasteiger partial charge on any atom is 0.166 e. The van der Waals surface area contributed by atoms with Crippen molar-refractivity contribution < 1.29 is 19.0 Å². The van der Waals surface area contributed by atoms with Gasteiger partial charge in [-0.05, 0) is 19.1 Å². The summed E-state index contributed by atoms with van der Waals surface area (Å²) < 4.78 is 23.6. The van der Waals surface area contributed by atoms with Crippen LogP contribution in [0.3, 0.4) is 0 Å². The molecule has 1 aromatic rings. The van der Waals surface area contributed by atoms with E-state index in [0.29, 0.717) is 17.1 Å². The maximum atomic E-state index is 13.5. The molecular weight excluding hydrogens is 199 g/mol. The third kappa shape index (κ3) is 2.59. The van der Waals surface area contributed by atoms with Crippen LogP contribution in [0.4, 0.5) is 4.39 Å². The minimum absolute atomic E-state index is 0.201. The number of aliphatic hydroxyl groups excluding tert-OH is 1. The van der Waals surface area contributed by atoms with Crippen molar-refractivity contribution in [3.63, 3.8) is 0 Å². The van der Waals surface area contributed by atoms with Gasteiger partial charge in [0.15, 0.2) is 11.5 Å². The Morgan fingerprint density at radius 2 is 2.00 bits per heavy atom. The van der Waals surface area contributed by atoms with E-state index in [2.05, 4.69) is 0 Å². The second-order valence-electron chi connectivity index (χ2n) is 3.31. The highest BCUT2D eigenvalue weighted by atomic mass is 19.1. The Hall–Kier alpha value is -1.29. The molecule has 0 saturated heterocycles. The summed E-state index contributed by atoms with van der Waals surface area (Å²) in [5.74, 6) is 0.418. The molecule has 0 fully saturated rings. The Morgan fingerprint density at radius 3 is 2.47 bits per heavy atom. The summed E-state index contributed by atoms with van der Waals surface area (Å²) in [6.45, 7) is 1.60. The van der Waals surface area contributed by atoms with E-state index in [4.69, 9.17) is 9.47 Å². The van der Waals surface area contributed by atoms with Gasteiger partial charge in [-0.25, -0.2) is 4.39 Å². The Balaban J connectivity index is 3.19. The lowest BCUT2D eigenvalue weighted by atomic mass is 10.1. The van der Waals surface area contributed by atoms with Crippen molar-refractivity contribution in [3.8, 4) is 11.5 Å². The number of hydrogen-bond acceptors (Lipinski definition) is 3. The molecule has 0 aliphatic rings. The summed E-state index contributed by atoms with van der Waals surface area (Å²) in [6, 6.07) is 2.80. The number of hydrogen-bond donors (Lipinski definition) is 1. The molecule has 0 spiro atoms. The molecule has 1 rings (SSSR count). The van der Waals surface area contributed by atoms with Gasteiger partial charge in [0.25, 0.3) is 0 Å². The molecule has 0 radical (unpaired) electrons. The lowest BCUT2D eigenvalue weighted by molar-refractivity contribution is 0.192. The van der Waals surface area contributed by atoms with Crippen LogP contribution in [0.25, 0.3) is 0 Å². The zero-order valence-corrected chi connectivity index (χ0v) is 9.08. The molecule has 1 unspecified atom stereocenters. The first-order valence-corrected chi connectivity index (χ1v) is 4.67. The highest BCUT2D eigenvalue weighted by molar-refractivity contribution is 5.47. The Labute approximate surface area is 88.4 Å². The van der Waals surface area contributed by atoms with Crippen LogP contribution in [-0.2, 0) is 6.42 Å². The number of methoxy groups -OCH3 is 2. The molecule has 0 aromatic heterocycles. The average Bonchev–Trinajstić information content (AvgIpc) is 2.20. The number of ether oxygens (including phenoxy) is 2. The highest BCUT2D eigenvalue weighted by Crippen LogP contribution is 2.33. The minimum Gasteiger partial charge on any atom is -0.493 e. The van der Waals surface area contributed by atoms with Crippen molar-refractivity contribution in [2.45, 2.75) is 19.4 Å². The number of aliphatic hydroxyl groups is 1. The van der Waals surface area contributed by atoms with Crippen molar-refractivity contribution in [2.24, 2.45) is 0 Å². The predicted octanol–water partition coefficient (Wildman–Crippen LogP) is 1.77. The van der Waals surface area contributed by atoms with E-state index in [0.717, 1.165) is 0 Å². The largest absolute Gasteiger partial charge is 0.493 e. The van der Waals surface area contributed by atoms with Gasteiger partial charge in [-0.15, -0.1) is 0 Å². The summed E-state index contributed by atoms with van der Waals surface area (Å²) in [7, 11) is 2.94. The number of rotatable bonds is 4. The first-order chi connectivity index (χ1) is 7.10. The molecule has 0 heterocycles. The molecule has 84 valence electrons. The standard InChI is InChI=1S/C11H15FO3/c1-7(13)6-8-9(12)4-5-10(14-2)11(8)15-3/h4-5,7,13H,6H2,1-3H3. The van der Waals surface area contributed by atoms with E-state index in [1.165, 1.54) is 26.4 Å². The lowest BCUT2D eigenvalue weighted by Gasteiger charge is -2.14. The molecule has 0 saturated carbocycles. The molecule has 1 N–H and O–H groups in total. The SMILES string of the molecule is COc1ccc(F)c(CC(C)O)c1OC. The van der Waals surface area contributed by atoms with Crippen LogP contribution in [0.5, 0.6) is 11.5 Å². The van der Waals surface area contributed by atoms with Gasteiger partial charge in [-0.1, -0.05) is 0 Å². The van der Waals surface area contributed by atoms with Crippen molar-refractivity contribution in [1.82, 2.24) is 0 Å². The van der Waals surface area contributed by atoms with Gasteiger partial charge < -0.3 is 14.6 Å². The third-order valence-corrected chi connectivity index (χ3v) is 2.09. The Bertz CT molecular complexity index is 337. The topological polar surface area (TPSA) is 38.7 Å². The van der Waals surface area contributed by atoms with Gasteiger partial charge in [0.05, 0.1) is 20.3 Å². The highest BCUT2D eigenvalue weighted by Gasteiger charge is 2.16. The second-order valence-corrected chi connectivity index (χ2v) is 3.31. The van der Waals surface area contributed by atoms with Gasteiger partial charge in [0.1, 0.15) is 5.82 Å². The summed E-state index contributed by atoms with van der Waals surface area (Å²) in [5, 5.41) is 9.25. The zero-order valence-electron chi connectivity index (χ0n) is 9.08. The Morgan fingerprint density at radius 1 is 1.33 bits per heavy atom. The van der Waals surface area contributed by atoms with E-state index >= 15 is 0 Å². The fourth-order valence-electron chi connectivity index (χ4n) is 1.45. The van der Waals surface area contributed by atoms with Crippen LogP contribution in [0.1, 0.15) is 12.5 Å². The quantitative estimate of drug-likeness (QED) is 0.830. The van der Waals surface area contributed by atoms with Gasteiger partial charge >= 0.3 is 0 Å². The maximum absolute atomic E-state index is 13.5. The summed E-state index contributed by atoms with van der Waals surface area (Å²) in [4.78, 5) is 0. The Kier molecular flexibility index (Phi) is 3.91. The minimum atomic E-state index is -0.625. The van der Waals surface area contributed by atoms with Crippen LogP contribution in [-0.4, -0.2) is 25.4 Å². The van der Waals surface area contributed by atoms with Gasteiger partial charge in [-0.3, -0.25) is 0 Å². The second kappa shape index (κ2) is 4.98. The van der Waals surface area contributed by atoms with Crippen LogP contribution in [0, 0.1) is 5.82 Å². The third-order valence-electron chi connectivity index (χ3n) is 2.09. The van der Waals surface area contributed by atoms with Gasteiger partial charge in [0.2, 0.25) is 0 Å². The molecule has 1 aromatic carbocycles. The first-order valence-electron chi connectivity index (χ1n) is 4.67. The molecule has 0 aliphatic carbocycles. The van der Waals surface area contributed by atoms with E-state index in [-0.39, 0.29) is 6.42 Å². The number of benzene rings is 1. The molecule has 4 heteroatoms. The number of halogens is 1. The molecule has 0 bridgehead atoms. The smallest absolute Gasteiger partial charge is 0.166 e. The van der Waals surface area contributed by atoms with Gasteiger partial charge in [-0.2, -0.15) is 0 Å². The van der Waals surface area contributed by atoms with Crippen LogP contribution >= 0.6 is 0 Å². The van der Waals surface area contributed by atoms with Crippen molar-refractivity contribution in [3.05, 3.63) is 23.5 Å². The fourth-order valence-corrected chi connectivity index (χ4v) is 1.45. The molecule has 0 amide bonds. The normalized spacial score (nSPS) is 12.3. The predicted molar refractivity (Wildman–Crippen MR) is 54.9 cm³/mol. The van der Waals surface area contributed by atoms with Crippen molar-refractivity contribution in [2.75, 3.05) is 14.2 Å². The summed E-state index contributed by atoms with van der Waals surface area (Å²) in [6.07, 6.45) is -0.424. The van der Waals surface area contributed by atoms with Gasteiger partial charge in [0, 0.05) is 12.0 Å². The molecule has 0 aliphatic heterocycles. The van der Waals surface area contributed by atoms with E-state index < -0.39 is 11.9 Å². The molecule has 3 nitrogen and oxygen atoms in total. The van der Waals surface area contributed by atoms with E-state index in [1.54, 1.807) is 6.92 Å². The van der Waals surface area contributed by atoms with Crippen molar-refractivity contribution >= 4 is 0 Å². The zero-order chi connectivity index (χ0) is 11.4. The summed E-state index contributed by atoms with van der Waals surface area (Å²) >= 11 is 0. The monoisotopic (exact) mass is 214 g/mol. The lowest BCUT2D eigenvalue weighted by Crippen LogP contribution is -2.08. The van der Waals surface area contributed by atoms with Crippen LogP contribution in [0.2, 0.25) is 0 Å². The van der Waals surface area contributed by atoms with E-state index in [1.807, 2.05) is 0 Å². The van der Waals surface area contributed by atoms with Crippen LogP contribution in [0.15, 0.2) is 12.1 Å². The summed E-state index contributed by atoms with van der Waals surface area (Å²) in [5.41, 5.74) is 0.340. The molecular formula is C11H15FO3. The average molecular weight is 214 g/mol. The molecule has 1 atom stereocenters.